The minimum atomic E-state index is -0.736. The first-order valence-corrected chi connectivity index (χ1v) is 12.3. The molecule has 2 aliphatic rings. The number of non-ortho nitro benzene ring substituents is 1. The zero-order chi connectivity index (χ0) is 26.5. The number of methoxy groups -OCH3 is 1. The van der Waals surface area contributed by atoms with Gasteiger partial charge in [0.25, 0.3) is 16.8 Å². The number of piperidine rings is 1. The largest absolute Gasteiger partial charge is 0.493 e. The molecule has 0 spiro atoms. The molecule has 37 heavy (non-hydrogen) atoms. The van der Waals surface area contributed by atoms with Gasteiger partial charge in [-0.05, 0) is 66.9 Å². The summed E-state index contributed by atoms with van der Waals surface area (Å²) < 4.78 is 10.7. The number of hydrogen-bond acceptors (Lipinski definition) is 9. The standard InChI is InChI=1S/C25H23N3O8S/c1-35-20-13-16(5-10-19(20)36-24(31)17-6-8-18(9-7-17)28(33)34)14-21-23(30)27(25(32)37-21)15-22(29)26-11-3-2-4-12-26/h5-10,13-14H,2-4,11-12,15H2,1H3/b21-14-. The number of nitrogens with zero attached hydrogens (tertiary/aromatic N) is 3. The monoisotopic (exact) mass is 525 g/mol. The first-order valence-electron chi connectivity index (χ1n) is 11.4. The molecular weight excluding hydrogens is 502 g/mol. The van der Waals surface area contributed by atoms with Gasteiger partial charge in [0.05, 0.1) is 22.5 Å². The molecule has 12 heteroatoms. The molecule has 2 aromatic carbocycles. The summed E-state index contributed by atoms with van der Waals surface area (Å²) in [6.07, 6.45) is 4.39. The molecule has 11 nitrogen and oxygen atoms in total. The Bertz CT molecular complexity index is 1290. The fourth-order valence-corrected chi connectivity index (χ4v) is 4.74. The van der Waals surface area contributed by atoms with E-state index in [1.54, 1.807) is 11.0 Å². The number of hydrogen-bond donors (Lipinski definition) is 0. The van der Waals surface area contributed by atoms with E-state index >= 15 is 0 Å². The molecule has 0 atom stereocenters. The third-order valence-corrected chi connectivity index (χ3v) is 6.79. The second-order valence-electron chi connectivity index (χ2n) is 8.31. The number of carbonyl (C=O) groups is 4. The van der Waals surface area contributed by atoms with Crippen LogP contribution in [0.25, 0.3) is 6.08 Å². The Morgan fingerprint density at radius 1 is 1.05 bits per heavy atom. The zero-order valence-corrected chi connectivity index (χ0v) is 20.7. The molecule has 0 saturated carbocycles. The summed E-state index contributed by atoms with van der Waals surface area (Å²) >= 11 is 0.748. The topological polar surface area (TPSA) is 136 Å². The maximum atomic E-state index is 12.8. The SMILES string of the molecule is COc1cc(/C=C2\SC(=O)N(CC(=O)N3CCCCC3)C2=O)ccc1OC(=O)c1ccc([N+](=O)[O-])cc1. The maximum absolute atomic E-state index is 12.8. The molecule has 2 heterocycles. The normalized spacial score (nSPS) is 16.7. The smallest absolute Gasteiger partial charge is 0.343 e. The number of imide groups is 1. The number of carbonyl (C=O) groups excluding carboxylic acids is 4. The number of likely N-dealkylation sites (tertiary alicyclic amines) is 1. The lowest BCUT2D eigenvalue weighted by Gasteiger charge is -2.27. The summed E-state index contributed by atoms with van der Waals surface area (Å²) in [5.74, 6) is -1.23. The first-order chi connectivity index (χ1) is 17.8. The van der Waals surface area contributed by atoms with Crippen LogP contribution in [0.5, 0.6) is 11.5 Å². The van der Waals surface area contributed by atoms with Gasteiger partial charge in [-0.15, -0.1) is 0 Å². The summed E-state index contributed by atoms with van der Waals surface area (Å²) in [7, 11) is 1.38. The van der Waals surface area contributed by atoms with Crippen molar-refractivity contribution < 1.29 is 33.6 Å². The molecule has 192 valence electrons. The molecule has 0 unspecified atom stereocenters. The molecule has 0 aromatic heterocycles. The van der Waals surface area contributed by atoms with E-state index in [-0.39, 0.29) is 40.1 Å². The minimum absolute atomic E-state index is 0.100. The van der Waals surface area contributed by atoms with Crippen LogP contribution in [0, 0.1) is 10.1 Å². The van der Waals surface area contributed by atoms with E-state index in [4.69, 9.17) is 9.47 Å². The summed E-state index contributed by atoms with van der Waals surface area (Å²) in [5.41, 5.74) is 0.475. The van der Waals surface area contributed by atoms with Crippen molar-refractivity contribution in [2.45, 2.75) is 19.3 Å². The molecule has 3 amide bonds. The van der Waals surface area contributed by atoms with Crippen LogP contribution in [0.4, 0.5) is 10.5 Å². The lowest BCUT2D eigenvalue weighted by Crippen LogP contribution is -2.44. The van der Waals surface area contributed by atoms with Crippen molar-refractivity contribution in [1.29, 1.82) is 0 Å². The quantitative estimate of drug-likeness (QED) is 0.173. The predicted molar refractivity (Wildman–Crippen MR) is 134 cm³/mol. The second kappa shape index (κ2) is 11.2. The molecule has 2 fully saturated rings. The van der Waals surface area contributed by atoms with Crippen molar-refractivity contribution in [2.24, 2.45) is 0 Å². The van der Waals surface area contributed by atoms with Gasteiger partial charge < -0.3 is 14.4 Å². The molecule has 0 aliphatic carbocycles. The molecule has 0 bridgehead atoms. The Labute approximate surface area is 216 Å². The summed E-state index contributed by atoms with van der Waals surface area (Å²) in [6, 6.07) is 9.55. The van der Waals surface area contributed by atoms with Crippen LogP contribution in [0.15, 0.2) is 47.4 Å². The summed E-state index contributed by atoms with van der Waals surface area (Å²) in [6.45, 7) is 0.973. The van der Waals surface area contributed by atoms with Crippen LogP contribution in [0.3, 0.4) is 0 Å². The number of nitro benzene ring substituents is 1. The van der Waals surface area contributed by atoms with E-state index in [2.05, 4.69) is 0 Å². The number of nitro groups is 1. The molecular formula is C25H23N3O8S. The van der Waals surface area contributed by atoms with Crippen molar-refractivity contribution in [1.82, 2.24) is 9.80 Å². The fraction of sp³-hybridized carbons (Fsp3) is 0.280. The molecule has 0 radical (unpaired) electrons. The van der Waals surface area contributed by atoms with Gasteiger partial charge >= 0.3 is 5.97 Å². The highest BCUT2D eigenvalue weighted by Crippen LogP contribution is 2.35. The van der Waals surface area contributed by atoms with Crippen LogP contribution in [-0.2, 0) is 9.59 Å². The van der Waals surface area contributed by atoms with Crippen LogP contribution >= 0.6 is 11.8 Å². The van der Waals surface area contributed by atoms with Crippen molar-refractivity contribution in [3.8, 4) is 11.5 Å². The third kappa shape index (κ3) is 5.97. The number of thioether (sulfide) groups is 1. The van der Waals surface area contributed by atoms with Crippen LogP contribution in [0.1, 0.15) is 35.2 Å². The fourth-order valence-electron chi connectivity index (χ4n) is 3.90. The zero-order valence-electron chi connectivity index (χ0n) is 19.9. The molecule has 2 aliphatic heterocycles. The minimum Gasteiger partial charge on any atom is -0.493 e. The van der Waals surface area contributed by atoms with E-state index in [0.29, 0.717) is 18.7 Å². The second-order valence-corrected chi connectivity index (χ2v) is 9.31. The van der Waals surface area contributed by atoms with Gasteiger partial charge in [0.15, 0.2) is 11.5 Å². The average molecular weight is 526 g/mol. The highest BCUT2D eigenvalue weighted by Gasteiger charge is 2.37. The Balaban J connectivity index is 1.45. The first kappa shape index (κ1) is 25.9. The number of benzene rings is 2. The van der Waals surface area contributed by atoms with Crippen molar-refractivity contribution >= 4 is 46.5 Å². The van der Waals surface area contributed by atoms with E-state index in [1.807, 2.05) is 0 Å². The Morgan fingerprint density at radius 3 is 2.41 bits per heavy atom. The molecule has 4 rings (SSSR count). The van der Waals surface area contributed by atoms with Crippen LogP contribution in [0.2, 0.25) is 0 Å². The summed E-state index contributed by atoms with van der Waals surface area (Å²) in [5, 5.41) is 10.3. The van der Waals surface area contributed by atoms with Gasteiger partial charge in [0, 0.05) is 25.2 Å². The van der Waals surface area contributed by atoms with Gasteiger partial charge in [-0.1, -0.05) is 6.07 Å². The van der Waals surface area contributed by atoms with E-state index < -0.39 is 22.0 Å². The highest BCUT2D eigenvalue weighted by molar-refractivity contribution is 8.18. The van der Waals surface area contributed by atoms with Crippen molar-refractivity contribution in [3.63, 3.8) is 0 Å². The number of rotatable bonds is 7. The van der Waals surface area contributed by atoms with Gasteiger partial charge in [-0.3, -0.25) is 29.4 Å². The molecule has 2 aromatic rings. The summed E-state index contributed by atoms with van der Waals surface area (Å²) in [4.78, 5) is 63.3. The molecule has 0 N–H and O–H groups in total. The van der Waals surface area contributed by atoms with E-state index in [9.17, 15) is 29.3 Å². The Hall–Kier alpha value is -4.19. The van der Waals surface area contributed by atoms with Crippen LogP contribution < -0.4 is 9.47 Å². The Kier molecular flexibility index (Phi) is 7.87. The van der Waals surface area contributed by atoms with Gasteiger partial charge in [0.1, 0.15) is 6.54 Å². The maximum Gasteiger partial charge on any atom is 0.343 e. The van der Waals surface area contributed by atoms with Gasteiger partial charge in [-0.2, -0.15) is 0 Å². The van der Waals surface area contributed by atoms with E-state index in [0.717, 1.165) is 35.9 Å². The van der Waals surface area contributed by atoms with Crippen molar-refractivity contribution in [3.05, 3.63) is 68.6 Å². The van der Waals surface area contributed by atoms with Crippen molar-refractivity contribution in [2.75, 3.05) is 26.7 Å². The van der Waals surface area contributed by atoms with Gasteiger partial charge in [0.2, 0.25) is 5.91 Å². The van der Waals surface area contributed by atoms with Gasteiger partial charge in [-0.25, -0.2) is 4.79 Å². The average Bonchev–Trinajstić information content (AvgIpc) is 3.17. The predicted octanol–water partition coefficient (Wildman–Crippen LogP) is 3.87. The number of esters is 1. The van der Waals surface area contributed by atoms with E-state index in [1.165, 1.54) is 49.6 Å². The number of ether oxygens (including phenoxy) is 2. The van der Waals surface area contributed by atoms with Crippen LogP contribution in [-0.4, -0.2) is 64.5 Å². The third-order valence-electron chi connectivity index (χ3n) is 5.88. The molecule has 2 saturated heterocycles. The lowest BCUT2D eigenvalue weighted by atomic mass is 10.1. The number of amides is 3. The lowest BCUT2D eigenvalue weighted by molar-refractivity contribution is -0.384. The Morgan fingerprint density at radius 2 is 1.76 bits per heavy atom. The highest BCUT2D eigenvalue weighted by atomic mass is 32.2.